The third-order valence-electron chi connectivity index (χ3n) is 4.50. The highest BCUT2D eigenvalue weighted by molar-refractivity contribution is 5.25. The Morgan fingerprint density at radius 1 is 1.50 bits per heavy atom. The van der Waals surface area contributed by atoms with Crippen molar-refractivity contribution in [3.63, 3.8) is 0 Å². The summed E-state index contributed by atoms with van der Waals surface area (Å²) in [7, 11) is 1.69. The fraction of sp³-hybridized carbons (Fsp3) is 0.688. The number of nitrogens with zero attached hydrogens (tertiary/aromatic N) is 2. The van der Waals surface area contributed by atoms with E-state index < -0.39 is 0 Å². The van der Waals surface area contributed by atoms with Crippen LogP contribution in [-0.4, -0.2) is 41.7 Å². The average Bonchev–Trinajstić information content (AvgIpc) is 2.48. The van der Waals surface area contributed by atoms with Crippen LogP contribution < -0.4 is 10.1 Å². The molecule has 0 amide bonds. The lowest BCUT2D eigenvalue weighted by Gasteiger charge is -2.46. The molecule has 0 bridgehead atoms. The molecule has 1 N–H and O–H groups in total. The van der Waals surface area contributed by atoms with Crippen LogP contribution in [0.25, 0.3) is 0 Å². The van der Waals surface area contributed by atoms with Crippen molar-refractivity contribution in [1.82, 2.24) is 15.2 Å². The fourth-order valence-electron chi connectivity index (χ4n) is 2.90. The minimum Gasteiger partial charge on any atom is -0.481 e. The number of piperazine rings is 1. The van der Waals surface area contributed by atoms with Gasteiger partial charge in [-0.1, -0.05) is 19.9 Å². The van der Waals surface area contributed by atoms with Gasteiger partial charge >= 0.3 is 0 Å². The molecular weight excluding hydrogens is 250 g/mol. The van der Waals surface area contributed by atoms with Crippen LogP contribution in [0, 0.1) is 0 Å². The highest BCUT2D eigenvalue weighted by Gasteiger charge is 2.33. The first kappa shape index (κ1) is 15.3. The smallest absolute Gasteiger partial charge is 0.217 e. The van der Waals surface area contributed by atoms with Gasteiger partial charge in [-0.05, 0) is 25.8 Å². The summed E-state index contributed by atoms with van der Waals surface area (Å²) in [6.07, 6.45) is 4.09. The first-order valence-electron chi connectivity index (χ1n) is 7.59. The average molecular weight is 277 g/mol. The van der Waals surface area contributed by atoms with E-state index in [9.17, 15) is 0 Å². The van der Waals surface area contributed by atoms with Gasteiger partial charge in [-0.3, -0.25) is 4.90 Å². The number of hydrogen-bond acceptors (Lipinski definition) is 4. The third-order valence-corrected chi connectivity index (χ3v) is 4.50. The molecule has 1 saturated heterocycles. The van der Waals surface area contributed by atoms with Crippen LogP contribution in [0.4, 0.5) is 0 Å². The number of ether oxygens (including phenoxy) is 1. The van der Waals surface area contributed by atoms with Crippen LogP contribution in [0.5, 0.6) is 5.88 Å². The van der Waals surface area contributed by atoms with Gasteiger partial charge in [0.1, 0.15) is 0 Å². The topological polar surface area (TPSA) is 37.4 Å². The largest absolute Gasteiger partial charge is 0.481 e. The maximum Gasteiger partial charge on any atom is 0.217 e. The Bertz CT molecular complexity index is 437. The molecule has 0 radical (unpaired) electrons. The molecule has 0 spiro atoms. The summed E-state index contributed by atoms with van der Waals surface area (Å²) in [5.41, 5.74) is 1.38. The van der Waals surface area contributed by atoms with Gasteiger partial charge < -0.3 is 10.1 Å². The molecule has 2 unspecified atom stereocenters. The SMILES string of the molecule is CCC1CNC(C)(CC)CN1Cc1cccnc1OC. The lowest BCUT2D eigenvalue weighted by atomic mass is 9.92. The van der Waals surface area contributed by atoms with E-state index in [0.29, 0.717) is 6.04 Å². The molecule has 4 heteroatoms. The van der Waals surface area contributed by atoms with Gasteiger partial charge in [-0.2, -0.15) is 0 Å². The molecule has 1 aliphatic heterocycles. The molecule has 2 atom stereocenters. The zero-order chi connectivity index (χ0) is 14.6. The van der Waals surface area contributed by atoms with Crippen LogP contribution in [0.15, 0.2) is 18.3 Å². The Kier molecular flexibility index (Phi) is 5.00. The Morgan fingerprint density at radius 2 is 2.30 bits per heavy atom. The fourth-order valence-corrected chi connectivity index (χ4v) is 2.90. The number of rotatable bonds is 5. The van der Waals surface area contributed by atoms with E-state index in [1.165, 1.54) is 5.56 Å². The monoisotopic (exact) mass is 277 g/mol. The van der Waals surface area contributed by atoms with Gasteiger partial charge in [-0.25, -0.2) is 4.98 Å². The predicted octanol–water partition coefficient (Wildman–Crippen LogP) is 2.44. The van der Waals surface area contributed by atoms with E-state index in [1.807, 2.05) is 6.07 Å². The summed E-state index contributed by atoms with van der Waals surface area (Å²) in [6.45, 7) is 9.86. The van der Waals surface area contributed by atoms with Crippen LogP contribution in [0.3, 0.4) is 0 Å². The summed E-state index contributed by atoms with van der Waals surface area (Å²) in [4.78, 5) is 6.87. The summed E-state index contributed by atoms with van der Waals surface area (Å²) in [5, 5.41) is 3.70. The number of hydrogen-bond donors (Lipinski definition) is 1. The molecule has 1 aromatic heterocycles. The van der Waals surface area contributed by atoms with Crippen LogP contribution in [0.2, 0.25) is 0 Å². The van der Waals surface area contributed by atoms with Crippen molar-refractivity contribution >= 4 is 0 Å². The van der Waals surface area contributed by atoms with Gasteiger partial charge in [0.15, 0.2) is 0 Å². The van der Waals surface area contributed by atoms with Gasteiger partial charge in [0.2, 0.25) is 5.88 Å². The minimum atomic E-state index is 0.209. The van der Waals surface area contributed by atoms with Gasteiger partial charge in [0, 0.05) is 43.0 Å². The van der Waals surface area contributed by atoms with Crippen LogP contribution in [-0.2, 0) is 6.54 Å². The quantitative estimate of drug-likeness (QED) is 0.897. The molecule has 2 heterocycles. The predicted molar refractivity (Wildman–Crippen MR) is 82.0 cm³/mol. The van der Waals surface area contributed by atoms with Crippen LogP contribution in [0.1, 0.15) is 39.2 Å². The second kappa shape index (κ2) is 6.55. The van der Waals surface area contributed by atoms with E-state index in [4.69, 9.17) is 4.74 Å². The lowest BCUT2D eigenvalue weighted by Crippen LogP contribution is -2.62. The number of aromatic nitrogens is 1. The normalized spacial score (nSPS) is 27.5. The maximum absolute atomic E-state index is 5.38. The van der Waals surface area contributed by atoms with Crippen molar-refractivity contribution in [3.05, 3.63) is 23.9 Å². The van der Waals surface area contributed by atoms with Crippen molar-refractivity contribution in [2.24, 2.45) is 0 Å². The number of pyridine rings is 1. The third kappa shape index (κ3) is 3.30. The summed E-state index contributed by atoms with van der Waals surface area (Å²) in [6, 6.07) is 4.68. The van der Waals surface area contributed by atoms with E-state index >= 15 is 0 Å². The van der Waals surface area contributed by atoms with Gasteiger partial charge in [-0.15, -0.1) is 0 Å². The molecule has 1 aromatic rings. The number of methoxy groups -OCH3 is 1. The second-order valence-electron chi connectivity index (χ2n) is 5.93. The molecule has 112 valence electrons. The van der Waals surface area contributed by atoms with E-state index in [1.54, 1.807) is 13.3 Å². The van der Waals surface area contributed by atoms with Crippen molar-refractivity contribution in [3.8, 4) is 5.88 Å². The first-order chi connectivity index (χ1) is 9.61. The van der Waals surface area contributed by atoms with Gasteiger partial charge in [0.25, 0.3) is 0 Å². The zero-order valence-corrected chi connectivity index (χ0v) is 13.1. The molecule has 1 fully saturated rings. The van der Waals surface area contributed by atoms with Gasteiger partial charge in [0.05, 0.1) is 7.11 Å². The Labute approximate surface area is 122 Å². The van der Waals surface area contributed by atoms with Crippen molar-refractivity contribution in [1.29, 1.82) is 0 Å². The van der Waals surface area contributed by atoms with Crippen molar-refractivity contribution < 1.29 is 4.74 Å². The van der Waals surface area contributed by atoms with Crippen molar-refractivity contribution in [2.45, 2.75) is 51.7 Å². The van der Waals surface area contributed by atoms with E-state index in [2.05, 4.69) is 42.0 Å². The summed E-state index contributed by atoms with van der Waals surface area (Å²) in [5.74, 6) is 0.749. The van der Waals surface area contributed by atoms with Crippen molar-refractivity contribution in [2.75, 3.05) is 20.2 Å². The molecule has 2 rings (SSSR count). The van der Waals surface area contributed by atoms with E-state index in [0.717, 1.165) is 38.4 Å². The Hall–Kier alpha value is -1.13. The summed E-state index contributed by atoms with van der Waals surface area (Å²) < 4.78 is 5.38. The highest BCUT2D eigenvalue weighted by Crippen LogP contribution is 2.24. The maximum atomic E-state index is 5.38. The zero-order valence-electron chi connectivity index (χ0n) is 13.1. The molecule has 0 saturated carbocycles. The molecule has 4 nitrogen and oxygen atoms in total. The Morgan fingerprint density at radius 3 is 2.95 bits per heavy atom. The minimum absolute atomic E-state index is 0.209. The molecule has 0 aromatic carbocycles. The lowest BCUT2D eigenvalue weighted by molar-refractivity contribution is 0.0746. The van der Waals surface area contributed by atoms with E-state index in [-0.39, 0.29) is 5.54 Å². The molecular formula is C16H27N3O. The summed E-state index contributed by atoms with van der Waals surface area (Å²) >= 11 is 0. The standard InChI is InChI=1S/C16H27N3O/c1-5-14-10-18-16(3,6-2)12-19(14)11-13-8-7-9-17-15(13)20-4/h7-9,14,18H,5-6,10-12H2,1-4H3. The highest BCUT2D eigenvalue weighted by atomic mass is 16.5. The molecule has 0 aliphatic carbocycles. The number of nitrogens with one attached hydrogen (secondary N) is 1. The van der Waals surface area contributed by atoms with Crippen LogP contribution >= 0.6 is 0 Å². The first-order valence-corrected chi connectivity index (χ1v) is 7.59. The molecule has 20 heavy (non-hydrogen) atoms. The second-order valence-corrected chi connectivity index (χ2v) is 5.93. The molecule has 1 aliphatic rings. The Balaban J connectivity index is 2.15.